The van der Waals surface area contributed by atoms with E-state index in [0.717, 1.165) is 26.4 Å². The lowest BCUT2D eigenvalue weighted by Crippen LogP contribution is -2.41. The molecular formula is C75H109N24O39P5S3. The molecule has 10 unspecified atom stereocenters. The van der Waals surface area contributed by atoms with Crippen LogP contribution in [0.15, 0.2) is 67.9 Å². The molecule has 0 aliphatic carbocycles. The Morgan fingerprint density at radius 1 is 0.404 bits per heavy atom. The molecule has 9 aromatic heterocycles. The maximum absolute atomic E-state index is 15.6. The summed E-state index contributed by atoms with van der Waals surface area (Å²) in [6.45, 7) is -15.5. The number of hydrogen-bond acceptors (Lipinski definition) is 53. The van der Waals surface area contributed by atoms with Gasteiger partial charge in [0.15, 0.2) is 64.9 Å². The number of anilines is 6. The topological polar surface area (TPSA) is 824 Å². The summed E-state index contributed by atoms with van der Waals surface area (Å²) in [6.07, 6.45) is -28.5. The number of phosphoric ester groups is 2. The molecule has 6 aliphatic rings. The molecule has 15 heterocycles. The molecule has 9 aromatic rings. The van der Waals surface area contributed by atoms with Gasteiger partial charge in [-0.1, -0.05) is 12.2 Å². The average Bonchev–Trinajstić information content (AvgIpc) is 1.60. The molecule has 0 amide bonds. The van der Waals surface area contributed by atoms with Gasteiger partial charge in [-0.15, -0.1) is 0 Å². The highest BCUT2D eigenvalue weighted by Gasteiger charge is 2.59. The monoisotopic (exact) mass is 2220 g/mol. The maximum Gasteiger partial charge on any atom is 0.472 e. The van der Waals surface area contributed by atoms with Crippen LogP contribution in [0.1, 0.15) is 67.4 Å². The van der Waals surface area contributed by atoms with Crippen LogP contribution < -0.4 is 62.6 Å². The summed E-state index contributed by atoms with van der Waals surface area (Å²) >= 11 is 15.7. The molecule has 0 bridgehead atoms. The van der Waals surface area contributed by atoms with Gasteiger partial charge in [0.1, 0.15) is 127 Å². The van der Waals surface area contributed by atoms with Gasteiger partial charge in [0.25, 0.3) is 11.1 Å². The first-order valence-electron chi connectivity index (χ1n) is 44.3. The van der Waals surface area contributed by atoms with Gasteiger partial charge in [-0.3, -0.25) is 78.6 Å². The van der Waals surface area contributed by atoms with Gasteiger partial charge in [0.05, 0.1) is 130 Å². The van der Waals surface area contributed by atoms with E-state index in [1.807, 2.05) is 0 Å². The number of hydrogen-bond donors (Lipinski definition) is 14. The molecule has 0 spiro atoms. The molecule has 6 fully saturated rings. The van der Waals surface area contributed by atoms with Crippen LogP contribution in [-0.2, 0) is 158 Å². The van der Waals surface area contributed by atoms with E-state index < -0.39 is 238 Å². The number of aryl methyl sites for hydroxylation is 3. The first-order chi connectivity index (χ1) is 69.4. The number of ether oxygens (including phenoxy) is 16. The number of thiol groups is 1. The van der Waals surface area contributed by atoms with E-state index in [2.05, 4.69) is 72.1 Å². The number of nitrogens with two attached hydrogens (primary N) is 6. The van der Waals surface area contributed by atoms with Crippen molar-refractivity contribution in [3.05, 3.63) is 113 Å². The number of nitrogens with zero attached hydrogens (tertiary/aromatic N) is 16. The van der Waals surface area contributed by atoms with E-state index in [-0.39, 0.29) is 152 Å². The molecule has 6 aliphatic heterocycles. The third kappa shape index (κ3) is 25.9. The first-order valence-corrected chi connectivity index (χ1v) is 55.1. The predicted octanol–water partition coefficient (Wildman–Crippen LogP) is -1.72. The first kappa shape index (κ1) is 112. The number of H-pyrrole nitrogens is 2. The van der Waals surface area contributed by atoms with Gasteiger partial charge < -0.3 is 148 Å². The molecule has 28 atom stereocenters. The largest absolute Gasteiger partial charge is 0.472 e. The summed E-state index contributed by atoms with van der Waals surface area (Å²) in [5, 5.41) is 11.8. The highest BCUT2D eigenvalue weighted by Crippen LogP contribution is 2.60. The van der Waals surface area contributed by atoms with Crippen LogP contribution in [-0.4, -0.2) is 350 Å². The Bertz CT molecular complexity index is 6680. The second-order valence-corrected chi connectivity index (χ2v) is 44.6. The summed E-state index contributed by atoms with van der Waals surface area (Å²) in [4.78, 5) is 163. The quantitative estimate of drug-likeness (QED) is 0.0114. The number of phosphoric acid groups is 2. The van der Waals surface area contributed by atoms with Gasteiger partial charge in [-0.05, 0) is 51.3 Å². The molecule has 63 nitrogen and oxygen atoms in total. The third-order valence-corrected chi connectivity index (χ3v) is 30.3. The summed E-state index contributed by atoms with van der Waals surface area (Å²) in [5.74, 6) is -1.21. The number of aliphatic hydroxyl groups is 1. The number of methoxy groups -OCH3 is 5. The molecule has 6 saturated heterocycles. The minimum absolute atomic E-state index is 0.000894. The van der Waals surface area contributed by atoms with Crippen LogP contribution in [0.4, 0.5) is 35.2 Å². The number of rotatable bonds is 51. The van der Waals surface area contributed by atoms with E-state index in [4.69, 9.17) is 179 Å². The Kier molecular flexibility index (Phi) is 36.6. The SMILES string of the molecule is COCCOC1[C@@H](O)[C@@H](COP(O)(=S)O[C@@H]2C(OCCOC)[C@H](n3cc(C)c(N)nc3=O)O[C@@H]2COP(=O)(S)O[C@@H]2C(OCCOC)[C@H](n3cc(C)c(N)nc3=O)O[C@@H]2COP(=O)(O)O[C@@H]2C(OCCOC)[C@H](n3cnc4c(N)ncnc43)O[C@@H]2COP(=O)(O)O[C@@H]2C(OCCOC)[C@H](n3cnc4c(=O)[nH]c(N)nc43)O[C@@H]2COP(O)(=S)O[C@@H]2C[C@H](n3cnc4c(=O)[nH]c(N)nc43)O[C@@H]2C)O[C@H]1n1cc(C)c(N)nc1=O. The molecule has 15 rings (SSSR count). The lowest BCUT2D eigenvalue weighted by Gasteiger charge is -2.30. The molecular weight excluding hydrogens is 2110 g/mol. The fourth-order valence-corrected chi connectivity index (χ4v) is 22.9. The Hall–Kier alpha value is -8.21. The van der Waals surface area contributed by atoms with Gasteiger partial charge in [0, 0.05) is 77.3 Å². The van der Waals surface area contributed by atoms with Crippen LogP contribution in [0, 0.1) is 20.8 Å². The van der Waals surface area contributed by atoms with Crippen molar-refractivity contribution in [3.8, 4) is 0 Å². The van der Waals surface area contributed by atoms with Crippen LogP contribution in [0.25, 0.3) is 33.5 Å². The van der Waals surface area contributed by atoms with Crippen molar-refractivity contribution in [1.29, 1.82) is 0 Å². The van der Waals surface area contributed by atoms with E-state index in [9.17, 15) is 48.7 Å². The Morgan fingerprint density at radius 2 is 0.747 bits per heavy atom. The zero-order valence-electron chi connectivity index (χ0n) is 78.9. The van der Waals surface area contributed by atoms with Crippen LogP contribution in [0.2, 0.25) is 0 Å². The van der Waals surface area contributed by atoms with E-state index in [0.29, 0.717) is 5.56 Å². The van der Waals surface area contributed by atoms with Gasteiger partial charge in [-0.2, -0.15) is 24.9 Å². The van der Waals surface area contributed by atoms with Gasteiger partial charge in [0.2, 0.25) is 11.9 Å². The highest BCUT2D eigenvalue weighted by atomic mass is 32.7. The molecule has 19 N–H and O–H groups in total. The Morgan fingerprint density at radius 3 is 1.18 bits per heavy atom. The van der Waals surface area contributed by atoms with Gasteiger partial charge >= 0.3 is 52.9 Å². The standard InChI is InChI=1S/C75H109N24O39P5S3/c1-33-21-94(73(103)87-57(33)76)66-52(118-15-10-113-5)47(100)38(129-66)24-125-142(111,145)138-51-42(131-68(56(51)122-19-14-117-9)96-23-35(3)59(78)89-75(96)105)28-127-143(112,146)137-50-40(130-67(55(50)121-18-13-116-8)95-22-34(2)58(77)88-74(95)104)26-124-140(108,109)135-48-39(132-69(53(48)119-16-11-114-6)98-31-84-44-60(79)82-29-83-61(44)98)25-123-139(106,107)136-49-41(133-70(54(49)120-17-12-115-7)99-32-86-46-63(99)91-72(81)93-65(46)102)27-126-141(110,144)134-37-20-43(128-36(37)4)97-30-85-45-62(97)90-71(80)92-64(45)101/h21-23,29-32,36-43,47-56,66-70,100H,10-20,24-28H2,1-9H3,(H,106,107)(H,108,109)(H,110,144)(H,111,145)(H,112,146)(H2,76,87,103)(H2,77,88,104)(H2,78,89,105)(H2,79,82,83)(H3,80,90,92,101)(H3,81,91,93,102)/t36-,37-,38-,39-,40-,41-,42-,43-,47+,48+,49+,50+,51+,52?,53?,54?,55?,56?,66-,67-,68-,69-,70-,141?,142?,143?/m1/s1. The predicted molar refractivity (Wildman–Crippen MR) is 509 cm³/mol. The number of nitrogen functional groups attached to an aromatic ring is 6. The Balaban J connectivity index is 0.719. The zero-order chi connectivity index (χ0) is 105. The van der Waals surface area contributed by atoms with E-state index in [1.165, 1.54) is 94.3 Å². The number of aromatic nitrogens is 18. The van der Waals surface area contributed by atoms with Crippen molar-refractivity contribution in [3.63, 3.8) is 0 Å². The summed E-state index contributed by atoms with van der Waals surface area (Å²) in [6, 6.07) is 0. The minimum atomic E-state index is -5.92. The molecule has 806 valence electrons. The average molecular weight is 2220 g/mol. The lowest BCUT2D eigenvalue weighted by molar-refractivity contribution is -0.0840. The normalized spacial score (nSPS) is 29.1. The van der Waals surface area contributed by atoms with Crippen molar-refractivity contribution < 1.29 is 159 Å². The number of fused-ring (bicyclic) bond motifs is 3. The van der Waals surface area contributed by atoms with Crippen molar-refractivity contribution in [1.82, 2.24) is 87.2 Å². The fourth-order valence-electron chi connectivity index (χ4n) is 16.6. The summed E-state index contributed by atoms with van der Waals surface area (Å²) < 4.78 is 210. The van der Waals surface area contributed by atoms with Crippen molar-refractivity contribution in [2.75, 3.05) is 169 Å². The van der Waals surface area contributed by atoms with Crippen molar-refractivity contribution in [2.45, 2.75) is 175 Å². The Labute approximate surface area is 839 Å². The van der Waals surface area contributed by atoms with E-state index >= 15 is 13.7 Å². The minimum Gasteiger partial charge on any atom is -0.387 e. The van der Waals surface area contributed by atoms with Crippen LogP contribution in [0.5, 0.6) is 0 Å². The third-order valence-electron chi connectivity index (χ3n) is 23.6. The molecule has 0 radical (unpaired) electrons. The number of aliphatic hydroxyl groups excluding tert-OH is 1. The molecule has 71 heteroatoms. The number of imidazole rings is 3. The number of aromatic amines is 2. The van der Waals surface area contributed by atoms with Crippen molar-refractivity contribution >= 4 is 140 Å². The smallest absolute Gasteiger partial charge is 0.387 e. The van der Waals surface area contributed by atoms with Crippen molar-refractivity contribution in [2.24, 2.45) is 0 Å². The van der Waals surface area contributed by atoms with Crippen LogP contribution >= 0.6 is 48.1 Å². The number of nitrogens with one attached hydrogen (secondary N) is 2. The summed E-state index contributed by atoms with van der Waals surface area (Å²) in [7, 11) is -5.01. The summed E-state index contributed by atoms with van der Waals surface area (Å²) in [5.41, 5.74) is 32.3. The second-order valence-electron chi connectivity index (χ2n) is 33.4. The molecule has 0 saturated carbocycles. The second kappa shape index (κ2) is 47.8. The maximum atomic E-state index is 15.6. The lowest BCUT2D eigenvalue weighted by atomic mass is 10.1. The fraction of sp³-hybridized carbons (Fsp3) is 0.640. The van der Waals surface area contributed by atoms with Gasteiger partial charge in [-0.25, -0.2) is 53.0 Å². The van der Waals surface area contributed by atoms with E-state index in [1.54, 1.807) is 13.8 Å². The highest BCUT2D eigenvalue weighted by molar-refractivity contribution is 8.44. The zero-order valence-corrected chi connectivity index (χ0v) is 85.9. The molecule has 146 heavy (non-hydrogen) atoms. The van der Waals surface area contributed by atoms with Crippen LogP contribution in [0.3, 0.4) is 0 Å². The molecule has 0 aromatic carbocycles.